The van der Waals surface area contributed by atoms with Crippen molar-refractivity contribution in [2.75, 3.05) is 18.4 Å². The maximum absolute atomic E-state index is 13.0. The maximum Gasteiger partial charge on any atom is 0.417 e. The van der Waals surface area contributed by atoms with Gasteiger partial charge in [0, 0.05) is 24.8 Å². The molecule has 1 fully saturated rings. The molecule has 3 aromatic rings. The number of amides is 1. The lowest BCUT2D eigenvalue weighted by Gasteiger charge is -2.31. The summed E-state index contributed by atoms with van der Waals surface area (Å²) < 4.78 is 45.3. The summed E-state index contributed by atoms with van der Waals surface area (Å²) in [5.74, 6) is -1.92. The second kappa shape index (κ2) is 7.45. The highest BCUT2D eigenvalue weighted by Gasteiger charge is 2.33. The molecule has 1 aliphatic rings. The van der Waals surface area contributed by atoms with E-state index in [2.05, 4.69) is 10.3 Å². The van der Waals surface area contributed by atoms with Crippen molar-refractivity contribution in [3.05, 3.63) is 58.8 Å². The molecule has 1 saturated heterocycles. The van der Waals surface area contributed by atoms with Crippen LogP contribution >= 0.6 is 0 Å². The van der Waals surface area contributed by atoms with Gasteiger partial charge in [-0.1, -0.05) is 0 Å². The summed E-state index contributed by atoms with van der Waals surface area (Å²) >= 11 is 0. The summed E-state index contributed by atoms with van der Waals surface area (Å²) in [6.07, 6.45) is 1.08. The van der Waals surface area contributed by atoms with Crippen molar-refractivity contribution in [2.45, 2.75) is 17.7 Å². The molecule has 0 spiro atoms. The molecule has 0 aliphatic carbocycles. The summed E-state index contributed by atoms with van der Waals surface area (Å²) in [6.45, 7) is 0.322. The van der Waals surface area contributed by atoms with Crippen molar-refractivity contribution in [1.82, 2.24) is 9.29 Å². The van der Waals surface area contributed by atoms with Gasteiger partial charge in [-0.05, 0) is 49.2 Å². The number of hydrogen-bond donors (Lipinski definition) is 2. The lowest BCUT2D eigenvalue weighted by atomic mass is 9.99. The highest BCUT2D eigenvalue weighted by molar-refractivity contribution is 7.89. The molecular formula is C19H18FN3O5S. The minimum absolute atomic E-state index is 0.00709. The SMILES string of the molecule is O=C(Nc1ccc(F)cc1)[C@@H]1CCCN(S(=O)(=O)c2ccc3[nH]c(=O)oc3c2)C1. The van der Waals surface area contributed by atoms with E-state index in [1.807, 2.05) is 0 Å². The molecular weight excluding hydrogens is 401 g/mol. The van der Waals surface area contributed by atoms with Crippen molar-refractivity contribution >= 4 is 32.7 Å². The summed E-state index contributed by atoms with van der Waals surface area (Å²) in [4.78, 5) is 26.3. The number of nitrogens with one attached hydrogen (secondary N) is 2. The standard InChI is InChI=1S/C19H18FN3O5S/c20-13-3-5-14(6-4-13)21-18(24)12-2-1-9-23(11-12)29(26,27)15-7-8-16-17(10-15)28-19(25)22-16/h3-8,10,12H,1-2,9,11H2,(H,21,24)(H,22,25)/t12-/m1/s1. The van der Waals surface area contributed by atoms with Crippen molar-refractivity contribution in [2.24, 2.45) is 5.92 Å². The van der Waals surface area contributed by atoms with E-state index in [-0.39, 0.29) is 29.5 Å². The molecule has 29 heavy (non-hydrogen) atoms. The van der Waals surface area contributed by atoms with Gasteiger partial charge in [-0.3, -0.25) is 9.78 Å². The highest BCUT2D eigenvalue weighted by atomic mass is 32.2. The lowest BCUT2D eigenvalue weighted by molar-refractivity contribution is -0.120. The Morgan fingerprint density at radius 1 is 1.21 bits per heavy atom. The molecule has 1 amide bonds. The van der Waals surface area contributed by atoms with E-state index in [0.717, 1.165) is 0 Å². The number of nitrogens with zero attached hydrogens (tertiary/aromatic N) is 1. The average Bonchev–Trinajstić information content (AvgIpc) is 3.09. The number of rotatable bonds is 4. The van der Waals surface area contributed by atoms with Crippen LogP contribution in [0.15, 0.2) is 56.6 Å². The Balaban J connectivity index is 1.52. The van der Waals surface area contributed by atoms with Crippen molar-refractivity contribution in [3.63, 3.8) is 0 Å². The van der Waals surface area contributed by atoms with E-state index < -0.39 is 27.5 Å². The Bertz CT molecular complexity index is 1220. The Labute approximate surface area is 165 Å². The zero-order chi connectivity index (χ0) is 20.6. The van der Waals surface area contributed by atoms with Crippen LogP contribution < -0.4 is 11.1 Å². The summed E-state index contributed by atoms with van der Waals surface area (Å²) in [5, 5.41) is 2.70. The number of aromatic nitrogens is 1. The molecule has 0 unspecified atom stereocenters. The van der Waals surface area contributed by atoms with Crippen LogP contribution in [0, 0.1) is 11.7 Å². The monoisotopic (exact) mass is 419 g/mol. The number of benzene rings is 2. The van der Waals surface area contributed by atoms with Crippen molar-refractivity contribution in [3.8, 4) is 0 Å². The quantitative estimate of drug-likeness (QED) is 0.674. The zero-order valence-corrected chi connectivity index (χ0v) is 16.0. The van der Waals surface area contributed by atoms with Gasteiger partial charge in [-0.25, -0.2) is 17.6 Å². The molecule has 1 aliphatic heterocycles. The largest absolute Gasteiger partial charge is 0.417 e. The van der Waals surface area contributed by atoms with E-state index in [0.29, 0.717) is 24.0 Å². The third kappa shape index (κ3) is 3.94. The van der Waals surface area contributed by atoms with Crippen LogP contribution in [-0.4, -0.2) is 36.7 Å². The van der Waals surface area contributed by atoms with E-state index >= 15 is 0 Å². The van der Waals surface area contributed by atoms with Gasteiger partial charge in [0.25, 0.3) is 0 Å². The van der Waals surface area contributed by atoms with Crippen LogP contribution in [0.2, 0.25) is 0 Å². The van der Waals surface area contributed by atoms with Gasteiger partial charge in [0.05, 0.1) is 16.3 Å². The minimum Gasteiger partial charge on any atom is -0.408 e. The van der Waals surface area contributed by atoms with E-state index in [4.69, 9.17) is 4.42 Å². The molecule has 0 radical (unpaired) electrons. The Morgan fingerprint density at radius 2 is 1.97 bits per heavy atom. The predicted molar refractivity (Wildman–Crippen MR) is 103 cm³/mol. The second-order valence-corrected chi connectivity index (χ2v) is 8.81. The van der Waals surface area contributed by atoms with Gasteiger partial charge in [-0.15, -0.1) is 0 Å². The number of piperidine rings is 1. The first-order valence-corrected chi connectivity index (χ1v) is 10.5. The fourth-order valence-corrected chi connectivity index (χ4v) is 4.93. The number of H-pyrrole nitrogens is 1. The number of carbonyl (C=O) groups is 1. The van der Waals surface area contributed by atoms with Gasteiger partial charge in [-0.2, -0.15) is 4.31 Å². The van der Waals surface area contributed by atoms with Gasteiger partial charge < -0.3 is 9.73 Å². The molecule has 2 heterocycles. The third-order valence-electron chi connectivity index (χ3n) is 4.90. The third-order valence-corrected chi connectivity index (χ3v) is 6.76. The Morgan fingerprint density at radius 3 is 2.72 bits per heavy atom. The van der Waals surface area contributed by atoms with Crippen molar-refractivity contribution in [1.29, 1.82) is 0 Å². The molecule has 4 rings (SSSR count). The molecule has 1 atom stereocenters. The Kier molecular flexibility index (Phi) is 4.97. The van der Waals surface area contributed by atoms with Crippen molar-refractivity contribution < 1.29 is 22.0 Å². The molecule has 0 saturated carbocycles. The van der Waals surface area contributed by atoms with Crippen LogP contribution in [0.4, 0.5) is 10.1 Å². The van der Waals surface area contributed by atoms with Gasteiger partial charge in [0.15, 0.2) is 5.58 Å². The molecule has 8 nitrogen and oxygen atoms in total. The first-order valence-electron chi connectivity index (χ1n) is 9.02. The molecule has 10 heteroatoms. The number of hydrogen-bond acceptors (Lipinski definition) is 5. The molecule has 152 valence electrons. The first-order chi connectivity index (χ1) is 13.8. The number of sulfonamides is 1. The van der Waals surface area contributed by atoms with Crippen LogP contribution in [0.5, 0.6) is 0 Å². The topological polar surface area (TPSA) is 112 Å². The zero-order valence-electron chi connectivity index (χ0n) is 15.2. The fraction of sp³-hybridized carbons (Fsp3) is 0.263. The normalized spacial score (nSPS) is 18.0. The predicted octanol–water partition coefficient (Wildman–Crippen LogP) is 2.30. The number of halogens is 1. The summed E-state index contributed by atoms with van der Waals surface area (Å²) in [7, 11) is -3.86. The van der Waals surface area contributed by atoms with Crippen LogP contribution in [0.25, 0.3) is 11.1 Å². The Hall–Kier alpha value is -2.98. The second-order valence-electron chi connectivity index (χ2n) is 6.87. The number of fused-ring (bicyclic) bond motifs is 1. The van der Waals surface area contributed by atoms with E-state index in [1.54, 1.807) is 0 Å². The van der Waals surface area contributed by atoms with E-state index in [1.165, 1.54) is 46.8 Å². The molecule has 2 N–H and O–H groups in total. The smallest absolute Gasteiger partial charge is 0.408 e. The number of oxazole rings is 1. The average molecular weight is 419 g/mol. The highest BCUT2D eigenvalue weighted by Crippen LogP contribution is 2.26. The first kappa shape index (κ1) is 19.3. The van der Waals surface area contributed by atoms with E-state index in [9.17, 15) is 22.4 Å². The van der Waals surface area contributed by atoms with Crippen LogP contribution in [-0.2, 0) is 14.8 Å². The number of carbonyl (C=O) groups excluding carboxylic acids is 1. The molecule has 0 bridgehead atoms. The lowest BCUT2D eigenvalue weighted by Crippen LogP contribution is -2.43. The number of anilines is 1. The maximum atomic E-state index is 13.0. The molecule has 1 aromatic heterocycles. The van der Waals surface area contributed by atoms with Gasteiger partial charge in [0.1, 0.15) is 5.82 Å². The summed E-state index contributed by atoms with van der Waals surface area (Å²) in [5.41, 5.74) is 1.01. The van der Waals surface area contributed by atoms with Gasteiger partial charge >= 0.3 is 5.76 Å². The van der Waals surface area contributed by atoms with Gasteiger partial charge in [0.2, 0.25) is 15.9 Å². The van der Waals surface area contributed by atoms with Crippen LogP contribution in [0.1, 0.15) is 12.8 Å². The summed E-state index contributed by atoms with van der Waals surface area (Å²) in [6, 6.07) is 9.53. The fourth-order valence-electron chi connectivity index (χ4n) is 3.39. The van der Waals surface area contributed by atoms with Crippen LogP contribution in [0.3, 0.4) is 0 Å². The number of aromatic amines is 1. The molecule has 2 aromatic carbocycles. The minimum atomic E-state index is -3.86.